The Labute approximate surface area is 327 Å². The van der Waals surface area contributed by atoms with Gasteiger partial charge in [-0.3, -0.25) is 0 Å². The Morgan fingerprint density at radius 2 is 0.830 bits per heavy atom. The average molecular weight is 818 g/mol. The third-order valence-corrected chi connectivity index (χ3v) is 11.8. The maximum atomic E-state index is 3.71. The lowest BCUT2D eigenvalue weighted by Crippen LogP contribution is -2.10. The molecule has 0 N–H and O–H groups in total. The van der Waals surface area contributed by atoms with E-state index in [-0.39, 0.29) is 0 Å². The fourth-order valence-corrected chi connectivity index (χ4v) is 8.63. The molecule has 0 saturated heterocycles. The summed E-state index contributed by atoms with van der Waals surface area (Å²) in [6.07, 6.45) is 1.12. The fourth-order valence-electron chi connectivity index (χ4n) is 7.91. The van der Waals surface area contributed by atoms with Gasteiger partial charge in [0.2, 0.25) is 0 Å². The van der Waals surface area contributed by atoms with Gasteiger partial charge in [-0.05, 0) is 153 Å². The van der Waals surface area contributed by atoms with E-state index in [2.05, 4.69) is 219 Å². The zero-order valence-electron chi connectivity index (χ0n) is 30.2. The summed E-state index contributed by atoms with van der Waals surface area (Å²) < 4.78 is 6.93. The number of halogens is 2. The van der Waals surface area contributed by atoms with Gasteiger partial charge in [0.15, 0.2) is 0 Å². The van der Waals surface area contributed by atoms with Crippen LogP contribution in [0.25, 0.3) is 55.0 Å². The Morgan fingerprint density at radius 1 is 0.472 bits per heavy atom. The van der Waals surface area contributed by atoms with E-state index in [4.69, 9.17) is 0 Å². The van der Waals surface area contributed by atoms with Gasteiger partial charge in [-0.2, -0.15) is 0 Å². The summed E-state index contributed by atoms with van der Waals surface area (Å²) in [7, 11) is 0. The van der Waals surface area contributed by atoms with Crippen molar-refractivity contribution in [2.45, 2.75) is 40.0 Å². The summed E-state index contributed by atoms with van der Waals surface area (Å²) in [5.41, 5.74) is 14.3. The van der Waals surface area contributed by atoms with Crippen LogP contribution < -0.4 is 4.90 Å². The minimum Gasteiger partial charge on any atom is -0.311 e. The van der Waals surface area contributed by atoms with Crippen molar-refractivity contribution in [3.63, 3.8) is 0 Å². The molecule has 2 heterocycles. The van der Waals surface area contributed by atoms with Crippen LogP contribution in [0, 0.1) is 13.8 Å². The van der Waals surface area contributed by atoms with Gasteiger partial charge < -0.3 is 14.0 Å². The Kier molecular flexibility index (Phi) is 8.52. The first-order valence-electron chi connectivity index (χ1n) is 18.3. The molecule has 260 valence electrons. The van der Waals surface area contributed by atoms with E-state index >= 15 is 0 Å². The standard InChI is InChI=1S/C48H39Br2N3/c1-5-32(4)33-8-12-36(13-9-33)51(37-14-18-39(19-15-37)52-45-22-6-30(2)26-41(45)43-28-34(49)10-24-47(43)52)38-16-20-40(21-17-38)53-46-23-7-31(3)27-42(46)44-29-35(50)11-25-48(44)53/h6-29,32H,5H2,1-4H3. The van der Waals surface area contributed by atoms with Gasteiger partial charge in [-0.25, -0.2) is 0 Å². The van der Waals surface area contributed by atoms with Gasteiger partial charge in [0.1, 0.15) is 0 Å². The van der Waals surface area contributed by atoms with E-state index < -0.39 is 0 Å². The normalized spacial score (nSPS) is 12.3. The molecule has 0 aliphatic carbocycles. The number of rotatable bonds is 7. The van der Waals surface area contributed by atoms with Gasteiger partial charge in [-0.15, -0.1) is 0 Å². The monoisotopic (exact) mass is 815 g/mol. The van der Waals surface area contributed by atoms with E-state index in [1.165, 1.54) is 60.3 Å². The van der Waals surface area contributed by atoms with E-state index in [0.717, 1.165) is 43.8 Å². The van der Waals surface area contributed by atoms with E-state index in [1.807, 2.05) is 0 Å². The Hall–Kier alpha value is -5.10. The molecule has 0 amide bonds. The van der Waals surface area contributed by atoms with E-state index in [9.17, 15) is 0 Å². The number of hydrogen-bond donors (Lipinski definition) is 0. The first-order valence-corrected chi connectivity index (χ1v) is 19.9. The molecule has 0 aliphatic rings. The van der Waals surface area contributed by atoms with Crippen molar-refractivity contribution in [2.75, 3.05) is 4.90 Å². The predicted molar refractivity (Wildman–Crippen MR) is 233 cm³/mol. The molecule has 9 rings (SSSR count). The number of fused-ring (bicyclic) bond motifs is 6. The second-order valence-electron chi connectivity index (χ2n) is 14.3. The maximum absolute atomic E-state index is 3.71. The minimum atomic E-state index is 0.516. The van der Waals surface area contributed by atoms with Crippen molar-refractivity contribution >= 4 is 92.5 Å². The lowest BCUT2D eigenvalue weighted by atomic mass is 9.98. The van der Waals surface area contributed by atoms with Gasteiger partial charge in [0.25, 0.3) is 0 Å². The zero-order valence-corrected chi connectivity index (χ0v) is 33.4. The summed E-state index contributed by atoms with van der Waals surface area (Å²) in [6.45, 7) is 8.87. The second-order valence-corrected chi connectivity index (χ2v) is 16.1. The van der Waals surface area contributed by atoms with Gasteiger partial charge in [0.05, 0.1) is 22.1 Å². The molecule has 9 aromatic rings. The number of aryl methyl sites for hydroxylation is 2. The second kappa shape index (κ2) is 13.4. The van der Waals surface area contributed by atoms with Crippen LogP contribution in [0.4, 0.5) is 17.1 Å². The average Bonchev–Trinajstić information content (AvgIpc) is 3.66. The molecular weight excluding hydrogens is 778 g/mol. The minimum absolute atomic E-state index is 0.516. The molecule has 1 unspecified atom stereocenters. The quantitative estimate of drug-likeness (QED) is 0.156. The van der Waals surface area contributed by atoms with Crippen molar-refractivity contribution in [1.82, 2.24) is 9.13 Å². The molecule has 1 atom stereocenters. The molecule has 0 radical (unpaired) electrons. The zero-order chi connectivity index (χ0) is 36.4. The first kappa shape index (κ1) is 33.7. The summed E-state index contributed by atoms with van der Waals surface area (Å²) in [5.74, 6) is 0.516. The smallest absolute Gasteiger partial charge is 0.0541 e. The van der Waals surface area contributed by atoms with E-state index in [1.54, 1.807) is 0 Å². The maximum Gasteiger partial charge on any atom is 0.0541 e. The van der Waals surface area contributed by atoms with Gasteiger partial charge in [-0.1, -0.05) is 81.1 Å². The summed E-state index contributed by atoms with van der Waals surface area (Å²) >= 11 is 7.42. The highest BCUT2D eigenvalue weighted by Gasteiger charge is 2.18. The fraction of sp³-hybridized carbons (Fsp3) is 0.125. The van der Waals surface area contributed by atoms with Crippen LogP contribution >= 0.6 is 31.9 Å². The van der Waals surface area contributed by atoms with Crippen LogP contribution in [0.2, 0.25) is 0 Å². The Bertz CT molecular complexity index is 2520. The van der Waals surface area contributed by atoms with Crippen LogP contribution in [0.1, 0.15) is 42.9 Å². The van der Waals surface area contributed by atoms with Crippen LogP contribution in [0.5, 0.6) is 0 Å². The predicted octanol–water partition coefficient (Wildman–Crippen LogP) is 15.0. The topological polar surface area (TPSA) is 13.1 Å². The highest BCUT2D eigenvalue weighted by Crippen LogP contribution is 2.40. The van der Waals surface area contributed by atoms with Crippen molar-refractivity contribution in [3.8, 4) is 11.4 Å². The van der Waals surface area contributed by atoms with Crippen molar-refractivity contribution in [1.29, 1.82) is 0 Å². The molecule has 0 aliphatic heterocycles. The molecular formula is C48H39Br2N3. The Balaban J connectivity index is 1.16. The van der Waals surface area contributed by atoms with Crippen LogP contribution in [-0.2, 0) is 0 Å². The number of anilines is 3. The lowest BCUT2D eigenvalue weighted by molar-refractivity contribution is 0.733. The number of hydrogen-bond acceptors (Lipinski definition) is 1. The summed E-state index contributed by atoms with van der Waals surface area (Å²) in [4.78, 5) is 2.37. The summed E-state index contributed by atoms with van der Waals surface area (Å²) in [6, 6.07) is 53.8. The molecule has 53 heavy (non-hydrogen) atoms. The van der Waals surface area contributed by atoms with Crippen molar-refractivity contribution in [3.05, 3.63) is 171 Å². The molecule has 7 aromatic carbocycles. The largest absolute Gasteiger partial charge is 0.311 e. The third kappa shape index (κ3) is 5.87. The molecule has 5 heteroatoms. The summed E-state index contributed by atoms with van der Waals surface area (Å²) in [5, 5.41) is 5.02. The highest BCUT2D eigenvalue weighted by molar-refractivity contribution is 9.10. The first-order chi connectivity index (χ1) is 25.8. The van der Waals surface area contributed by atoms with Crippen molar-refractivity contribution in [2.24, 2.45) is 0 Å². The highest BCUT2D eigenvalue weighted by atomic mass is 79.9. The SMILES string of the molecule is CCC(C)c1ccc(N(c2ccc(-n3c4ccc(C)cc4c4cc(Br)ccc43)cc2)c2ccc(-n3c4ccc(C)cc4c4cc(Br)ccc43)cc2)cc1. The molecule has 3 nitrogen and oxygen atoms in total. The van der Waals surface area contributed by atoms with E-state index in [0.29, 0.717) is 5.92 Å². The van der Waals surface area contributed by atoms with Gasteiger partial charge >= 0.3 is 0 Å². The van der Waals surface area contributed by atoms with Gasteiger partial charge in [0, 0.05) is 58.9 Å². The van der Waals surface area contributed by atoms with Crippen LogP contribution in [0.3, 0.4) is 0 Å². The lowest BCUT2D eigenvalue weighted by Gasteiger charge is -2.26. The molecule has 0 fully saturated rings. The van der Waals surface area contributed by atoms with Crippen LogP contribution in [0.15, 0.2) is 155 Å². The molecule has 0 bridgehead atoms. The molecule has 0 spiro atoms. The van der Waals surface area contributed by atoms with Crippen molar-refractivity contribution < 1.29 is 0 Å². The number of benzene rings is 7. The third-order valence-electron chi connectivity index (χ3n) is 10.8. The van der Waals surface area contributed by atoms with Crippen LogP contribution in [-0.4, -0.2) is 9.13 Å². The molecule has 0 saturated carbocycles. The number of nitrogens with zero attached hydrogens (tertiary/aromatic N) is 3. The Morgan fingerprint density at radius 3 is 1.23 bits per heavy atom. The number of aromatic nitrogens is 2. The molecule has 2 aromatic heterocycles.